The molecule has 0 spiro atoms. The highest BCUT2D eigenvalue weighted by atomic mass is 16.1. The van der Waals surface area contributed by atoms with E-state index in [1.54, 1.807) is 17.1 Å². The molecule has 5 nitrogen and oxygen atoms in total. The fourth-order valence-electron chi connectivity index (χ4n) is 1.62. The van der Waals surface area contributed by atoms with Crippen LogP contribution in [0.3, 0.4) is 0 Å². The monoisotopic (exact) mass is 208 g/mol. The first-order chi connectivity index (χ1) is 7.16. The number of rotatable bonds is 3. The highest BCUT2D eigenvalue weighted by molar-refractivity contribution is 5.92. The lowest BCUT2D eigenvalue weighted by Gasteiger charge is -2.31. The number of amides is 1. The van der Waals surface area contributed by atoms with Crippen molar-refractivity contribution in [3.63, 3.8) is 0 Å². The number of hydrogen-bond donors (Lipinski definition) is 2. The van der Waals surface area contributed by atoms with Gasteiger partial charge in [0.25, 0.3) is 0 Å². The summed E-state index contributed by atoms with van der Waals surface area (Å²) >= 11 is 0. The maximum absolute atomic E-state index is 11.8. The Bertz CT molecular complexity index is 356. The number of anilines is 1. The molecule has 1 aliphatic rings. The Labute approximate surface area is 88.8 Å². The van der Waals surface area contributed by atoms with E-state index in [2.05, 4.69) is 15.7 Å². The van der Waals surface area contributed by atoms with Gasteiger partial charge in [-0.1, -0.05) is 6.92 Å². The third-order valence-electron chi connectivity index (χ3n) is 2.91. The highest BCUT2D eigenvalue weighted by Crippen LogP contribution is 2.17. The van der Waals surface area contributed by atoms with Crippen molar-refractivity contribution in [2.24, 2.45) is 18.9 Å². The SMILES string of the molecule is CC(C(=O)Nc1cnn(C)c1)C1CNC1. The van der Waals surface area contributed by atoms with Crippen LogP contribution in [-0.2, 0) is 11.8 Å². The van der Waals surface area contributed by atoms with Crippen LogP contribution in [0, 0.1) is 11.8 Å². The number of nitrogens with zero attached hydrogens (tertiary/aromatic N) is 2. The molecule has 1 amide bonds. The zero-order valence-electron chi connectivity index (χ0n) is 9.03. The molecule has 0 aromatic carbocycles. The molecule has 0 bridgehead atoms. The van der Waals surface area contributed by atoms with E-state index >= 15 is 0 Å². The molecule has 1 saturated heterocycles. The molecule has 15 heavy (non-hydrogen) atoms. The zero-order valence-corrected chi connectivity index (χ0v) is 9.03. The molecular formula is C10H16N4O. The quantitative estimate of drug-likeness (QED) is 0.746. The third-order valence-corrected chi connectivity index (χ3v) is 2.91. The van der Waals surface area contributed by atoms with Crippen molar-refractivity contribution in [1.29, 1.82) is 0 Å². The Kier molecular flexibility index (Phi) is 2.73. The average Bonchev–Trinajstić information content (AvgIpc) is 2.48. The Morgan fingerprint density at radius 2 is 2.47 bits per heavy atom. The van der Waals surface area contributed by atoms with Crippen molar-refractivity contribution in [3.8, 4) is 0 Å². The first kappa shape index (κ1) is 10.2. The molecule has 1 aromatic heterocycles. The van der Waals surface area contributed by atoms with Crippen LogP contribution in [0.2, 0.25) is 0 Å². The predicted octanol–water partition coefficient (Wildman–Crippen LogP) is 0.214. The van der Waals surface area contributed by atoms with Gasteiger partial charge in [0.05, 0.1) is 11.9 Å². The number of carbonyl (C=O) groups is 1. The van der Waals surface area contributed by atoms with Gasteiger partial charge in [0.1, 0.15) is 0 Å². The second-order valence-electron chi connectivity index (χ2n) is 4.10. The van der Waals surface area contributed by atoms with Gasteiger partial charge >= 0.3 is 0 Å². The van der Waals surface area contributed by atoms with Crippen LogP contribution in [0.1, 0.15) is 6.92 Å². The van der Waals surface area contributed by atoms with Crippen molar-refractivity contribution < 1.29 is 4.79 Å². The van der Waals surface area contributed by atoms with Crippen molar-refractivity contribution in [1.82, 2.24) is 15.1 Å². The predicted molar refractivity (Wildman–Crippen MR) is 57.4 cm³/mol. The van der Waals surface area contributed by atoms with E-state index in [9.17, 15) is 4.79 Å². The second kappa shape index (κ2) is 4.02. The summed E-state index contributed by atoms with van der Waals surface area (Å²) in [7, 11) is 1.83. The molecule has 2 N–H and O–H groups in total. The number of aryl methyl sites for hydroxylation is 1. The maximum Gasteiger partial charge on any atom is 0.227 e. The van der Waals surface area contributed by atoms with Gasteiger partial charge in [-0.15, -0.1) is 0 Å². The standard InChI is InChI=1S/C10H16N4O/c1-7(8-3-11-4-8)10(15)13-9-5-12-14(2)6-9/h5-8,11H,3-4H2,1-2H3,(H,13,15). The fourth-order valence-corrected chi connectivity index (χ4v) is 1.62. The summed E-state index contributed by atoms with van der Waals surface area (Å²) in [4.78, 5) is 11.8. The molecule has 1 atom stereocenters. The lowest BCUT2D eigenvalue weighted by atomic mass is 9.88. The summed E-state index contributed by atoms with van der Waals surface area (Å²) in [5, 5.41) is 10.0. The minimum Gasteiger partial charge on any atom is -0.323 e. The number of hydrogen-bond acceptors (Lipinski definition) is 3. The first-order valence-corrected chi connectivity index (χ1v) is 5.17. The van der Waals surface area contributed by atoms with Crippen LogP contribution in [-0.4, -0.2) is 28.8 Å². The minimum absolute atomic E-state index is 0.0615. The number of carbonyl (C=O) groups excluding carboxylic acids is 1. The van der Waals surface area contributed by atoms with E-state index in [0.717, 1.165) is 18.8 Å². The molecule has 82 valence electrons. The molecule has 2 heterocycles. The molecular weight excluding hydrogens is 192 g/mol. The van der Waals surface area contributed by atoms with E-state index in [1.165, 1.54) is 0 Å². The largest absolute Gasteiger partial charge is 0.323 e. The summed E-state index contributed by atoms with van der Waals surface area (Å²) < 4.78 is 1.67. The van der Waals surface area contributed by atoms with Crippen molar-refractivity contribution in [2.75, 3.05) is 18.4 Å². The Morgan fingerprint density at radius 3 is 2.93 bits per heavy atom. The molecule has 1 unspecified atom stereocenters. The lowest BCUT2D eigenvalue weighted by molar-refractivity contribution is -0.121. The normalized spacial score (nSPS) is 18.3. The van der Waals surface area contributed by atoms with Gasteiger partial charge in [-0.2, -0.15) is 5.10 Å². The van der Waals surface area contributed by atoms with Gasteiger partial charge in [-0.3, -0.25) is 9.48 Å². The molecule has 0 radical (unpaired) electrons. The summed E-state index contributed by atoms with van der Waals surface area (Å²) in [6.45, 7) is 3.86. The van der Waals surface area contributed by atoms with Crippen LogP contribution in [0.4, 0.5) is 5.69 Å². The van der Waals surface area contributed by atoms with Crippen LogP contribution >= 0.6 is 0 Å². The third kappa shape index (κ3) is 2.18. The second-order valence-corrected chi connectivity index (χ2v) is 4.10. The number of nitrogens with one attached hydrogen (secondary N) is 2. The maximum atomic E-state index is 11.8. The van der Waals surface area contributed by atoms with Crippen molar-refractivity contribution >= 4 is 11.6 Å². The van der Waals surface area contributed by atoms with Gasteiger partial charge in [0.15, 0.2) is 0 Å². The fraction of sp³-hybridized carbons (Fsp3) is 0.600. The Morgan fingerprint density at radius 1 is 1.73 bits per heavy atom. The molecule has 5 heteroatoms. The first-order valence-electron chi connectivity index (χ1n) is 5.17. The molecule has 1 aliphatic heterocycles. The summed E-state index contributed by atoms with van der Waals surface area (Å²) in [6.07, 6.45) is 3.45. The van der Waals surface area contributed by atoms with Crippen LogP contribution in [0.5, 0.6) is 0 Å². The van der Waals surface area contributed by atoms with Gasteiger partial charge < -0.3 is 10.6 Å². The summed E-state index contributed by atoms with van der Waals surface area (Å²) in [5.74, 6) is 0.614. The average molecular weight is 208 g/mol. The summed E-state index contributed by atoms with van der Waals surface area (Å²) in [5.41, 5.74) is 0.765. The molecule has 0 aliphatic carbocycles. The molecule has 2 rings (SSSR count). The Balaban J connectivity index is 1.91. The van der Waals surface area contributed by atoms with Gasteiger partial charge in [-0.05, 0) is 19.0 Å². The zero-order chi connectivity index (χ0) is 10.8. The van der Waals surface area contributed by atoms with Gasteiger partial charge in [0, 0.05) is 19.2 Å². The molecule has 1 fully saturated rings. The van der Waals surface area contributed by atoms with Crippen molar-refractivity contribution in [3.05, 3.63) is 12.4 Å². The van der Waals surface area contributed by atoms with E-state index < -0.39 is 0 Å². The van der Waals surface area contributed by atoms with Gasteiger partial charge in [0.2, 0.25) is 5.91 Å². The Hall–Kier alpha value is -1.36. The minimum atomic E-state index is 0.0615. The highest BCUT2D eigenvalue weighted by Gasteiger charge is 2.28. The van der Waals surface area contributed by atoms with E-state index in [1.807, 2.05) is 14.0 Å². The molecule has 1 aromatic rings. The van der Waals surface area contributed by atoms with E-state index in [-0.39, 0.29) is 11.8 Å². The van der Waals surface area contributed by atoms with Crippen LogP contribution < -0.4 is 10.6 Å². The van der Waals surface area contributed by atoms with Crippen molar-refractivity contribution in [2.45, 2.75) is 6.92 Å². The topological polar surface area (TPSA) is 59.0 Å². The van der Waals surface area contributed by atoms with Crippen LogP contribution in [0.25, 0.3) is 0 Å². The van der Waals surface area contributed by atoms with Gasteiger partial charge in [-0.25, -0.2) is 0 Å². The lowest BCUT2D eigenvalue weighted by Crippen LogP contribution is -2.48. The van der Waals surface area contributed by atoms with Crippen LogP contribution in [0.15, 0.2) is 12.4 Å². The van der Waals surface area contributed by atoms with E-state index in [4.69, 9.17) is 0 Å². The number of aromatic nitrogens is 2. The smallest absolute Gasteiger partial charge is 0.227 e. The molecule has 0 saturated carbocycles. The summed E-state index contributed by atoms with van der Waals surface area (Å²) in [6, 6.07) is 0. The van der Waals surface area contributed by atoms with E-state index in [0.29, 0.717) is 5.92 Å².